The molecule has 1 fully saturated rings. The molecule has 6 nitrogen and oxygen atoms in total. The lowest BCUT2D eigenvalue weighted by Gasteiger charge is -2.28. The van der Waals surface area contributed by atoms with Gasteiger partial charge in [-0.2, -0.15) is 0 Å². The quantitative estimate of drug-likeness (QED) is 0.757. The van der Waals surface area contributed by atoms with E-state index in [1.165, 1.54) is 0 Å². The van der Waals surface area contributed by atoms with E-state index in [-0.39, 0.29) is 6.54 Å². The molecular weight excluding hydrogens is 260 g/mol. The number of aliphatic carboxylic acids is 1. The molecule has 0 aromatic rings. The number of rotatable bonds is 3. The van der Waals surface area contributed by atoms with E-state index in [2.05, 4.69) is 17.2 Å². The molecule has 2 N–H and O–H groups in total. The fraction of sp³-hybridized carbons (Fsp3) is 0.714. The van der Waals surface area contributed by atoms with Crippen LogP contribution in [0.2, 0.25) is 0 Å². The van der Waals surface area contributed by atoms with E-state index in [9.17, 15) is 14.7 Å². The molecule has 0 saturated carbocycles. The lowest BCUT2D eigenvalue weighted by atomic mass is 9.99. The van der Waals surface area contributed by atoms with Crippen LogP contribution in [0.25, 0.3) is 0 Å². The summed E-state index contributed by atoms with van der Waals surface area (Å²) in [7, 11) is 0. The predicted octanol–water partition coefficient (Wildman–Crippen LogP) is 1.06. The van der Waals surface area contributed by atoms with Crippen LogP contribution in [0.1, 0.15) is 34.1 Å². The lowest BCUT2D eigenvalue weighted by Crippen LogP contribution is -2.57. The van der Waals surface area contributed by atoms with Crippen LogP contribution in [0.4, 0.5) is 4.79 Å². The minimum Gasteiger partial charge on any atom is -0.479 e. The van der Waals surface area contributed by atoms with E-state index in [0.717, 1.165) is 0 Å². The van der Waals surface area contributed by atoms with Gasteiger partial charge in [0.1, 0.15) is 5.60 Å². The van der Waals surface area contributed by atoms with Crippen molar-refractivity contribution in [2.24, 2.45) is 0 Å². The normalized spacial score (nSPS) is 22.8. The number of hydrogen-bond donors (Lipinski definition) is 2. The number of amides is 1. The molecule has 112 valence electrons. The first-order chi connectivity index (χ1) is 9.18. The molecule has 1 unspecified atom stereocenters. The van der Waals surface area contributed by atoms with Gasteiger partial charge in [-0.3, -0.25) is 4.90 Å². The molecule has 6 heteroatoms. The minimum atomic E-state index is -1.29. The van der Waals surface area contributed by atoms with Crippen LogP contribution in [0, 0.1) is 11.8 Å². The summed E-state index contributed by atoms with van der Waals surface area (Å²) in [5.41, 5.74) is -1.95. The second-order valence-electron chi connectivity index (χ2n) is 5.90. The summed E-state index contributed by atoms with van der Waals surface area (Å²) in [6.07, 6.45) is -0.365. The number of alkyl carbamates (subject to hydrolysis) is 1. The fourth-order valence-electron chi connectivity index (χ4n) is 2.04. The highest BCUT2D eigenvalue weighted by molar-refractivity contribution is 5.85. The van der Waals surface area contributed by atoms with Gasteiger partial charge in [0.05, 0.1) is 6.54 Å². The zero-order chi connectivity index (χ0) is 15.4. The third-order valence-electron chi connectivity index (χ3n) is 2.98. The van der Waals surface area contributed by atoms with Crippen LogP contribution in [0.5, 0.6) is 0 Å². The van der Waals surface area contributed by atoms with Crippen molar-refractivity contribution in [2.75, 3.05) is 19.6 Å². The summed E-state index contributed by atoms with van der Waals surface area (Å²) < 4.78 is 5.13. The van der Waals surface area contributed by atoms with Crippen LogP contribution in [-0.2, 0) is 9.53 Å². The van der Waals surface area contributed by atoms with Crippen molar-refractivity contribution in [2.45, 2.75) is 45.3 Å². The Morgan fingerprint density at radius 2 is 2.10 bits per heavy atom. The van der Waals surface area contributed by atoms with Crippen molar-refractivity contribution in [1.29, 1.82) is 0 Å². The summed E-state index contributed by atoms with van der Waals surface area (Å²) in [6.45, 7) is 8.25. The van der Waals surface area contributed by atoms with Gasteiger partial charge >= 0.3 is 12.1 Å². The molecule has 1 amide bonds. The van der Waals surface area contributed by atoms with Crippen LogP contribution < -0.4 is 5.32 Å². The number of carbonyl (C=O) groups is 2. The highest BCUT2D eigenvalue weighted by Gasteiger charge is 2.46. The predicted molar refractivity (Wildman–Crippen MR) is 74.2 cm³/mol. The van der Waals surface area contributed by atoms with Gasteiger partial charge in [0, 0.05) is 13.1 Å². The standard InChI is InChI=1S/C14H22N2O4/c1-5-6-8-16-9-7-14(10-16,11(17)18)15-12(19)20-13(2,3)4/h7-10H2,1-4H3,(H,15,19)(H,17,18). The Hall–Kier alpha value is -1.74. The van der Waals surface area contributed by atoms with Gasteiger partial charge < -0.3 is 15.2 Å². The number of nitrogens with one attached hydrogen (secondary N) is 1. The van der Waals surface area contributed by atoms with E-state index < -0.39 is 23.2 Å². The zero-order valence-corrected chi connectivity index (χ0v) is 12.4. The van der Waals surface area contributed by atoms with Crippen molar-refractivity contribution in [3.05, 3.63) is 0 Å². The molecule has 0 spiro atoms. The third-order valence-corrected chi connectivity index (χ3v) is 2.98. The highest BCUT2D eigenvalue weighted by Crippen LogP contribution is 2.22. The van der Waals surface area contributed by atoms with E-state index in [0.29, 0.717) is 19.5 Å². The van der Waals surface area contributed by atoms with E-state index in [1.807, 2.05) is 4.90 Å². The molecule has 0 bridgehead atoms. The zero-order valence-electron chi connectivity index (χ0n) is 12.4. The van der Waals surface area contributed by atoms with Gasteiger partial charge in [0.15, 0.2) is 5.54 Å². The first-order valence-electron chi connectivity index (χ1n) is 6.55. The topological polar surface area (TPSA) is 78.9 Å². The molecule has 1 atom stereocenters. The molecule has 20 heavy (non-hydrogen) atoms. The van der Waals surface area contributed by atoms with Gasteiger partial charge in [0.25, 0.3) is 0 Å². The van der Waals surface area contributed by atoms with E-state index >= 15 is 0 Å². The molecule has 1 heterocycles. The maximum atomic E-state index is 11.8. The third kappa shape index (κ3) is 4.42. The Morgan fingerprint density at radius 1 is 1.45 bits per heavy atom. The second-order valence-corrected chi connectivity index (χ2v) is 5.90. The Kier molecular flexibility index (Phi) is 5.01. The Balaban J connectivity index is 2.72. The number of ether oxygens (including phenoxy) is 1. The van der Waals surface area contributed by atoms with Crippen LogP contribution in [0.15, 0.2) is 0 Å². The van der Waals surface area contributed by atoms with Gasteiger partial charge in [-0.15, -0.1) is 5.92 Å². The molecule has 1 aliphatic rings. The molecular formula is C14H22N2O4. The van der Waals surface area contributed by atoms with Crippen molar-refractivity contribution in [1.82, 2.24) is 10.2 Å². The maximum Gasteiger partial charge on any atom is 0.408 e. The average Bonchev–Trinajstić information content (AvgIpc) is 2.68. The summed E-state index contributed by atoms with van der Waals surface area (Å²) in [4.78, 5) is 25.2. The largest absolute Gasteiger partial charge is 0.479 e. The molecule has 0 aromatic heterocycles. The van der Waals surface area contributed by atoms with Crippen molar-refractivity contribution in [3.8, 4) is 11.8 Å². The monoisotopic (exact) mass is 282 g/mol. The average molecular weight is 282 g/mol. The summed E-state index contributed by atoms with van der Waals surface area (Å²) in [5.74, 6) is 4.62. The Morgan fingerprint density at radius 3 is 2.60 bits per heavy atom. The lowest BCUT2D eigenvalue weighted by molar-refractivity contribution is -0.144. The first kappa shape index (κ1) is 16.3. The molecule has 1 aliphatic heterocycles. The minimum absolute atomic E-state index is 0.232. The summed E-state index contributed by atoms with van der Waals surface area (Å²) >= 11 is 0. The van der Waals surface area contributed by atoms with Crippen LogP contribution >= 0.6 is 0 Å². The number of carbonyl (C=O) groups excluding carboxylic acids is 1. The van der Waals surface area contributed by atoms with Gasteiger partial charge in [0.2, 0.25) is 0 Å². The number of carboxylic acids is 1. The number of hydrogen-bond acceptors (Lipinski definition) is 4. The number of carboxylic acid groups (broad SMARTS) is 1. The maximum absolute atomic E-state index is 11.8. The number of nitrogens with zero attached hydrogens (tertiary/aromatic N) is 1. The molecule has 0 aromatic carbocycles. The van der Waals surface area contributed by atoms with Gasteiger partial charge in [-0.05, 0) is 34.1 Å². The van der Waals surface area contributed by atoms with Crippen LogP contribution in [0.3, 0.4) is 0 Å². The number of likely N-dealkylation sites (tertiary alicyclic amines) is 1. The van der Waals surface area contributed by atoms with E-state index in [1.54, 1.807) is 27.7 Å². The SMILES string of the molecule is CC#CCN1CCC(NC(=O)OC(C)(C)C)(C(=O)O)C1. The summed E-state index contributed by atoms with van der Waals surface area (Å²) in [5, 5.41) is 11.9. The smallest absolute Gasteiger partial charge is 0.408 e. The van der Waals surface area contributed by atoms with Gasteiger partial charge in [-0.1, -0.05) is 5.92 Å². The Bertz CT molecular complexity index is 444. The Labute approximate surface area is 119 Å². The van der Waals surface area contributed by atoms with Gasteiger partial charge in [-0.25, -0.2) is 9.59 Å². The fourth-order valence-corrected chi connectivity index (χ4v) is 2.04. The molecule has 1 saturated heterocycles. The van der Waals surface area contributed by atoms with Crippen LogP contribution in [-0.4, -0.2) is 52.8 Å². The van der Waals surface area contributed by atoms with E-state index in [4.69, 9.17) is 4.74 Å². The van der Waals surface area contributed by atoms with Crippen molar-refractivity contribution in [3.63, 3.8) is 0 Å². The molecule has 0 aliphatic carbocycles. The van der Waals surface area contributed by atoms with Crippen molar-refractivity contribution >= 4 is 12.1 Å². The van der Waals surface area contributed by atoms with Crippen molar-refractivity contribution < 1.29 is 19.4 Å². The molecule has 0 radical (unpaired) electrons. The second kappa shape index (κ2) is 6.14. The summed E-state index contributed by atoms with van der Waals surface area (Å²) in [6, 6.07) is 0. The first-order valence-corrected chi connectivity index (χ1v) is 6.55. The molecule has 1 rings (SSSR count). The highest BCUT2D eigenvalue weighted by atomic mass is 16.6.